The Kier molecular flexibility index (Phi) is 3.39. The minimum absolute atomic E-state index is 0.232. The molecule has 5 heteroatoms. The number of amides is 1. The number of ether oxygens (including phenoxy) is 1. The zero-order valence-corrected chi connectivity index (χ0v) is 12.9. The van der Waals surface area contributed by atoms with Crippen LogP contribution < -0.4 is 10.1 Å². The predicted octanol–water partition coefficient (Wildman–Crippen LogP) is 4.24. The third-order valence-electron chi connectivity index (χ3n) is 3.85. The van der Waals surface area contributed by atoms with Gasteiger partial charge in [-0.05, 0) is 36.4 Å². The molecule has 1 N–H and O–H groups in total. The smallest absolute Gasteiger partial charge is 0.291 e. The number of furan rings is 1. The first-order chi connectivity index (χ1) is 11.8. The molecule has 0 bridgehead atoms. The molecule has 0 fully saturated rings. The molecule has 24 heavy (non-hydrogen) atoms. The van der Waals surface area contributed by atoms with Crippen LogP contribution in [-0.2, 0) is 0 Å². The number of methoxy groups -OCH3 is 1. The summed E-state index contributed by atoms with van der Waals surface area (Å²) in [4.78, 5) is 16.8. The van der Waals surface area contributed by atoms with Crippen molar-refractivity contribution in [3.05, 3.63) is 66.6 Å². The van der Waals surface area contributed by atoms with Gasteiger partial charge in [0, 0.05) is 17.0 Å². The Hall–Kier alpha value is -3.34. The Bertz CT molecular complexity index is 1050. The summed E-state index contributed by atoms with van der Waals surface area (Å²) >= 11 is 0. The van der Waals surface area contributed by atoms with Gasteiger partial charge in [0.25, 0.3) is 5.91 Å². The van der Waals surface area contributed by atoms with Crippen molar-refractivity contribution >= 4 is 33.5 Å². The summed E-state index contributed by atoms with van der Waals surface area (Å²) < 4.78 is 10.9. The van der Waals surface area contributed by atoms with Gasteiger partial charge in [0.15, 0.2) is 17.1 Å². The second-order valence-corrected chi connectivity index (χ2v) is 5.32. The number of nitrogens with one attached hydrogen (secondary N) is 1. The third-order valence-corrected chi connectivity index (χ3v) is 3.85. The van der Waals surface area contributed by atoms with Crippen molar-refractivity contribution in [2.45, 2.75) is 0 Å². The summed E-state index contributed by atoms with van der Waals surface area (Å²) in [7, 11) is 1.57. The zero-order chi connectivity index (χ0) is 16.5. The highest BCUT2D eigenvalue weighted by Gasteiger charge is 2.15. The van der Waals surface area contributed by atoms with E-state index in [2.05, 4.69) is 10.3 Å². The Balaban J connectivity index is 1.71. The van der Waals surface area contributed by atoms with Crippen molar-refractivity contribution in [3.63, 3.8) is 0 Å². The summed E-state index contributed by atoms with van der Waals surface area (Å²) in [5.74, 6) is 0.515. The van der Waals surface area contributed by atoms with Crippen molar-refractivity contribution in [1.82, 2.24) is 4.98 Å². The van der Waals surface area contributed by atoms with E-state index in [0.29, 0.717) is 17.0 Å². The minimum Gasteiger partial charge on any atom is -0.493 e. The maximum absolute atomic E-state index is 12.6. The van der Waals surface area contributed by atoms with Crippen LogP contribution in [0.25, 0.3) is 21.9 Å². The second kappa shape index (κ2) is 5.70. The number of para-hydroxylation sites is 1. The number of fused-ring (bicyclic) bond motifs is 2. The van der Waals surface area contributed by atoms with E-state index in [-0.39, 0.29) is 11.7 Å². The Morgan fingerprint density at radius 2 is 2.00 bits per heavy atom. The highest BCUT2D eigenvalue weighted by Crippen LogP contribution is 2.29. The van der Waals surface area contributed by atoms with Gasteiger partial charge in [0.1, 0.15) is 0 Å². The molecule has 0 unspecified atom stereocenters. The average Bonchev–Trinajstić information content (AvgIpc) is 3.06. The lowest BCUT2D eigenvalue weighted by atomic mass is 10.2. The number of anilines is 1. The van der Waals surface area contributed by atoms with Gasteiger partial charge in [0.2, 0.25) is 0 Å². The number of hydrogen-bond acceptors (Lipinski definition) is 4. The van der Waals surface area contributed by atoms with Crippen LogP contribution in [0.1, 0.15) is 10.6 Å². The number of carbonyl (C=O) groups is 1. The number of rotatable bonds is 3. The summed E-state index contributed by atoms with van der Waals surface area (Å²) in [6.45, 7) is 0. The zero-order valence-electron chi connectivity index (χ0n) is 12.9. The molecule has 0 aliphatic carbocycles. The maximum atomic E-state index is 12.6. The molecule has 1 amide bonds. The van der Waals surface area contributed by atoms with Gasteiger partial charge >= 0.3 is 0 Å². The lowest BCUT2D eigenvalue weighted by Gasteiger charge is -2.06. The molecule has 118 valence electrons. The molecular formula is C19H14N2O3. The van der Waals surface area contributed by atoms with E-state index >= 15 is 0 Å². The summed E-state index contributed by atoms with van der Waals surface area (Å²) in [5, 5.41) is 4.58. The predicted molar refractivity (Wildman–Crippen MR) is 92.5 cm³/mol. The largest absolute Gasteiger partial charge is 0.493 e. The molecule has 0 radical (unpaired) electrons. The molecule has 0 saturated heterocycles. The van der Waals surface area contributed by atoms with E-state index in [1.54, 1.807) is 25.4 Å². The highest BCUT2D eigenvalue weighted by atomic mass is 16.5. The minimum atomic E-state index is -0.315. The van der Waals surface area contributed by atoms with Gasteiger partial charge in [-0.15, -0.1) is 0 Å². The van der Waals surface area contributed by atoms with E-state index in [9.17, 15) is 4.79 Å². The molecule has 0 spiro atoms. The molecule has 4 rings (SSSR count). The molecule has 5 nitrogen and oxygen atoms in total. The lowest BCUT2D eigenvalue weighted by molar-refractivity contribution is 0.0998. The second-order valence-electron chi connectivity index (χ2n) is 5.32. The molecule has 0 aliphatic heterocycles. The standard InChI is InChI=1S/C19H14N2O3/c1-23-16-9-2-5-12-11-17(24-18(12)16)19(22)21-15-8-3-7-14-13(15)6-4-10-20-14/h2-11H,1H3,(H,21,22). The number of benzene rings is 2. The van der Waals surface area contributed by atoms with Gasteiger partial charge in [-0.1, -0.05) is 18.2 Å². The fourth-order valence-corrected chi connectivity index (χ4v) is 2.71. The van der Waals surface area contributed by atoms with Crippen molar-refractivity contribution in [1.29, 1.82) is 0 Å². The molecular weight excluding hydrogens is 304 g/mol. The Morgan fingerprint density at radius 3 is 2.88 bits per heavy atom. The van der Waals surface area contributed by atoms with Crippen LogP contribution >= 0.6 is 0 Å². The fraction of sp³-hybridized carbons (Fsp3) is 0.0526. The number of nitrogens with zero attached hydrogens (tertiary/aromatic N) is 1. The van der Waals surface area contributed by atoms with Crippen LogP contribution in [0.2, 0.25) is 0 Å². The van der Waals surface area contributed by atoms with E-state index in [1.807, 2.05) is 42.5 Å². The molecule has 2 aromatic carbocycles. The van der Waals surface area contributed by atoms with Crippen molar-refractivity contribution in [3.8, 4) is 5.75 Å². The van der Waals surface area contributed by atoms with E-state index in [4.69, 9.17) is 9.15 Å². The van der Waals surface area contributed by atoms with E-state index in [1.165, 1.54) is 0 Å². The highest BCUT2D eigenvalue weighted by molar-refractivity contribution is 6.09. The molecule has 2 heterocycles. The average molecular weight is 318 g/mol. The van der Waals surface area contributed by atoms with Crippen molar-refractivity contribution < 1.29 is 13.9 Å². The Morgan fingerprint density at radius 1 is 1.12 bits per heavy atom. The summed E-state index contributed by atoms with van der Waals surface area (Å²) in [6.07, 6.45) is 1.72. The quantitative estimate of drug-likeness (QED) is 0.613. The lowest BCUT2D eigenvalue weighted by Crippen LogP contribution is -2.11. The number of carbonyl (C=O) groups excluding carboxylic acids is 1. The van der Waals surface area contributed by atoms with Crippen LogP contribution in [0.4, 0.5) is 5.69 Å². The molecule has 0 saturated carbocycles. The maximum Gasteiger partial charge on any atom is 0.291 e. The third kappa shape index (κ3) is 2.36. The van der Waals surface area contributed by atoms with E-state index < -0.39 is 0 Å². The van der Waals surface area contributed by atoms with Gasteiger partial charge in [0.05, 0.1) is 18.3 Å². The van der Waals surface area contributed by atoms with E-state index in [0.717, 1.165) is 16.3 Å². The first kappa shape index (κ1) is 14.3. The summed E-state index contributed by atoms with van der Waals surface area (Å²) in [5.41, 5.74) is 2.07. The van der Waals surface area contributed by atoms with Crippen LogP contribution in [-0.4, -0.2) is 18.0 Å². The summed E-state index contributed by atoms with van der Waals surface area (Å²) in [6, 6.07) is 16.6. The van der Waals surface area contributed by atoms with Crippen LogP contribution in [0.3, 0.4) is 0 Å². The molecule has 2 aromatic heterocycles. The van der Waals surface area contributed by atoms with Crippen molar-refractivity contribution in [2.75, 3.05) is 12.4 Å². The van der Waals surface area contributed by atoms with Crippen LogP contribution in [0.5, 0.6) is 5.75 Å². The molecule has 0 aliphatic rings. The van der Waals surface area contributed by atoms with Crippen LogP contribution in [0.15, 0.2) is 65.2 Å². The van der Waals surface area contributed by atoms with Crippen LogP contribution in [0, 0.1) is 0 Å². The topological polar surface area (TPSA) is 64.4 Å². The number of hydrogen-bond donors (Lipinski definition) is 1. The normalized spacial score (nSPS) is 10.9. The monoisotopic (exact) mass is 318 g/mol. The Labute approximate surface area is 137 Å². The van der Waals surface area contributed by atoms with Gasteiger partial charge in [-0.3, -0.25) is 9.78 Å². The number of pyridine rings is 1. The van der Waals surface area contributed by atoms with Crippen molar-refractivity contribution in [2.24, 2.45) is 0 Å². The van der Waals surface area contributed by atoms with Gasteiger partial charge < -0.3 is 14.5 Å². The first-order valence-electron chi connectivity index (χ1n) is 7.48. The number of aromatic nitrogens is 1. The fourth-order valence-electron chi connectivity index (χ4n) is 2.71. The molecule has 0 atom stereocenters. The first-order valence-corrected chi connectivity index (χ1v) is 7.48. The van der Waals surface area contributed by atoms with Gasteiger partial charge in [-0.2, -0.15) is 0 Å². The van der Waals surface area contributed by atoms with Gasteiger partial charge in [-0.25, -0.2) is 0 Å². The molecule has 4 aromatic rings. The SMILES string of the molecule is COc1cccc2cc(C(=O)Nc3cccc4ncccc34)oc12.